The molecular formula is C17H20FN3. The normalized spacial score (nSPS) is 16.0. The maximum Gasteiger partial charge on any atom is 0.148 e. The Balaban J connectivity index is 1.73. The molecule has 0 aliphatic carbocycles. The highest BCUT2D eigenvalue weighted by Gasteiger charge is 2.16. The Morgan fingerprint density at radius 2 is 1.86 bits per heavy atom. The molecule has 1 aromatic heterocycles. The van der Waals surface area contributed by atoms with Crippen LogP contribution in [0.5, 0.6) is 0 Å². The summed E-state index contributed by atoms with van der Waals surface area (Å²) in [7, 11) is 0. The summed E-state index contributed by atoms with van der Waals surface area (Å²) in [5.74, 6) is -0.149. The zero-order valence-corrected chi connectivity index (χ0v) is 12.2. The lowest BCUT2D eigenvalue weighted by atomic mass is 10.1. The minimum atomic E-state index is -0.149. The number of hydrogen-bond acceptors (Lipinski definition) is 3. The molecule has 1 N–H and O–H groups in total. The fourth-order valence-electron chi connectivity index (χ4n) is 2.80. The summed E-state index contributed by atoms with van der Waals surface area (Å²) >= 11 is 0. The fourth-order valence-corrected chi connectivity index (χ4v) is 2.80. The molecule has 2 aromatic rings. The van der Waals surface area contributed by atoms with Crippen molar-refractivity contribution in [1.82, 2.24) is 4.98 Å². The number of nitrogens with one attached hydrogen (secondary N) is 1. The van der Waals surface area contributed by atoms with Gasteiger partial charge in [0.1, 0.15) is 5.82 Å². The molecule has 1 aliphatic heterocycles. The van der Waals surface area contributed by atoms with Gasteiger partial charge in [0.05, 0.1) is 5.69 Å². The van der Waals surface area contributed by atoms with Crippen LogP contribution in [0.15, 0.2) is 42.7 Å². The maximum absolute atomic E-state index is 14.3. The molecule has 1 unspecified atom stereocenters. The van der Waals surface area contributed by atoms with Gasteiger partial charge in [0.2, 0.25) is 0 Å². The number of benzene rings is 1. The molecule has 1 aromatic carbocycles. The van der Waals surface area contributed by atoms with E-state index in [0.29, 0.717) is 0 Å². The first kappa shape index (κ1) is 13.9. The number of rotatable bonds is 4. The van der Waals surface area contributed by atoms with E-state index >= 15 is 0 Å². The van der Waals surface area contributed by atoms with Gasteiger partial charge in [0, 0.05) is 37.2 Å². The molecule has 0 saturated carbocycles. The van der Waals surface area contributed by atoms with Crippen LogP contribution < -0.4 is 10.2 Å². The van der Waals surface area contributed by atoms with E-state index < -0.39 is 0 Å². The number of hydrogen-bond donors (Lipinski definition) is 1. The van der Waals surface area contributed by atoms with Crippen LogP contribution in [0.3, 0.4) is 0 Å². The van der Waals surface area contributed by atoms with Crippen LogP contribution in [0.2, 0.25) is 0 Å². The lowest BCUT2D eigenvalue weighted by molar-refractivity contribution is 0.623. The van der Waals surface area contributed by atoms with Gasteiger partial charge in [0.15, 0.2) is 0 Å². The van der Waals surface area contributed by atoms with E-state index in [-0.39, 0.29) is 11.9 Å². The molecule has 2 heterocycles. The molecule has 1 aliphatic rings. The van der Waals surface area contributed by atoms with Crippen LogP contribution in [-0.4, -0.2) is 18.1 Å². The Bertz CT molecular complexity index is 594. The summed E-state index contributed by atoms with van der Waals surface area (Å²) in [5, 5.41) is 3.33. The average molecular weight is 285 g/mol. The second-order valence-electron chi connectivity index (χ2n) is 5.51. The topological polar surface area (TPSA) is 28.2 Å². The summed E-state index contributed by atoms with van der Waals surface area (Å²) in [6.07, 6.45) is 5.84. The number of aromatic nitrogens is 1. The lowest BCUT2D eigenvalue weighted by Gasteiger charge is -2.20. The van der Waals surface area contributed by atoms with Gasteiger partial charge in [0.25, 0.3) is 0 Å². The molecule has 110 valence electrons. The van der Waals surface area contributed by atoms with Crippen LogP contribution in [0, 0.1) is 5.82 Å². The summed E-state index contributed by atoms with van der Waals surface area (Å²) in [5.41, 5.74) is 2.66. The number of nitrogens with zero attached hydrogens (tertiary/aromatic N) is 2. The van der Waals surface area contributed by atoms with Crippen LogP contribution in [0.1, 0.15) is 31.4 Å². The van der Waals surface area contributed by atoms with Gasteiger partial charge in [-0.25, -0.2) is 4.39 Å². The Hall–Kier alpha value is -2.10. The van der Waals surface area contributed by atoms with Crippen molar-refractivity contribution < 1.29 is 4.39 Å². The van der Waals surface area contributed by atoms with Crippen LogP contribution >= 0.6 is 0 Å². The summed E-state index contributed by atoms with van der Waals surface area (Å²) < 4.78 is 14.3. The quantitative estimate of drug-likeness (QED) is 0.920. The van der Waals surface area contributed by atoms with Crippen molar-refractivity contribution in [2.75, 3.05) is 23.3 Å². The van der Waals surface area contributed by atoms with Gasteiger partial charge in [-0.3, -0.25) is 4.98 Å². The second kappa shape index (κ2) is 6.12. The van der Waals surface area contributed by atoms with E-state index in [0.717, 1.165) is 42.9 Å². The van der Waals surface area contributed by atoms with Gasteiger partial charge in [-0.15, -0.1) is 0 Å². The van der Waals surface area contributed by atoms with Crippen LogP contribution in [0.4, 0.5) is 15.8 Å². The third kappa shape index (κ3) is 3.15. The molecule has 0 spiro atoms. The zero-order chi connectivity index (χ0) is 14.7. The first-order chi connectivity index (χ1) is 10.2. The number of pyridine rings is 1. The van der Waals surface area contributed by atoms with Gasteiger partial charge in [-0.05, 0) is 55.7 Å². The summed E-state index contributed by atoms with van der Waals surface area (Å²) in [6.45, 7) is 3.97. The highest BCUT2D eigenvalue weighted by molar-refractivity contribution is 5.57. The molecule has 0 amide bonds. The largest absolute Gasteiger partial charge is 0.378 e. The monoisotopic (exact) mass is 285 g/mol. The van der Waals surface area contributed by atoms with Crippen LogP contribution in [-0.2, 0) is 0 Å². The molecule has 3 rings (SSSR count). The predicted octanol–water partition coefficient (Wildman–Crippen LogP) is 3.99. The summed E-state index contributed by atoms with van der Waals surface area (Å²) in [4.78, 5) is 6.13. The molecule has 0 bridgehead atoms. The van der Waals surface area contributed by atoms with E-state index in [4.69, 9.17) is 0 Å². The summed E-state index contributed by atoms with van der Waals surface area (Å²) in [6, 6.07) is 9.46. The Morgan fingerprint density at radius 1 is 1.14 bits per heavy atom. The highest BCUT2D eigenvalue weighted by atomic mass is 19.1. The number of halogens is 1. The van der Waals surface area contributed by atoms with Gasteiger partial charge in [-0.2, -0.15) is 0 Å². The van der Waals surface area contributed by atoms with E-state index in [1.54, 1.807) is 18.5 Å². The maximum atomic E-state index is 14.3. The number of anilines is 2. The molecule has 1 atom stereocenters. The van der Waals surface area contributed by atoms with Gasteiger partial charge < -0.3 is 10.2 Å². The molecule has 0 radical (unpaired) electrons. The molecule has 3 nitrogen and oxygen atoms in total. The van der Waals surface area contributed by atoms with Gasteiger partial charge >= 0.3 is 0 Å². The van der Waals surface area contributed by atoms with Crippen LogP contribution in [0.25, 0.3) is 0 Å². The van der Waals surface area contributed by atoms with E-state index in [1.165, 1.54) is 0 Å². The van der Waals surface area contributed by atoms with E-state index in [1.807, 2.05) is 24.3 Å². The van der Waals surface area contributed by atoms with Crippen molar-refractivity contribution in [3.63, 3.8) is 0 Å². The predicted molar refractivity (Wildman–Crippen MR) is 84.1 cm³/mol. The molecule has 1 fully saturated rings. The third-order valence-electron chi connectivity index (χ3n) is 3.98. The Kier molecular flexibility index (Phi) is 4.04. The standard InChI is InChI=1S/C17H20FN3/c1-13(14-6-8-19-9-7-14)20-15-4-5-17(16(18)12-15)21-10-2-3-11-21/h4-9,12-13,20H,2-3,10-11H2,1H3. The fraction of sp³-hybridized carbons (Fsp3) is 0.353. The molecule has 21 heavy (non-hydrogen) atoms. The van der Waals surface area contributed by atoms with Crippen molar-refractivity contribution in [2.45, 2.75) is 25.8 Å². The minimum Gasteiger partial charge on any atom is -0.378 e. The Labute approximate surface area is 124 Å². The smallest absolute Gasteiger partial charge is 0.148 e. The van der Waals surface area contributed by atoms with Crippen molar-refractivity contribution >= 4 is 11.4 Å². The van der Waals surface area contributed by atoms with Gasteiger partial charge in [-0.1, -0.05) is 0 Å². The first-order valence-electron chi connectivity index (χ1n) is 7.45. The third-order valence-corrected chi connectivity index (χ3v) is 3.98. The first-order valence-corrected chi connectivity index (χ1v) is 7.45. The average Bonchev–Trinajstić information content (AvgIpc) is 3.02. The van der Waals surface area contributed by atoms with Crippen molar-refractivity contribution in [3.05, 3.63) is 54.1 Å². The molecular weight excluding hydrogens is 265 g/mol. The Morgan fingerprint density at radius 3 is 2.52 bits per heavy atom. The van der Waals surface area contributed by atoms with Crippen molar-refractivity contribution in [3.8, 4) is 0 Å². The van der Waals surface area contributed by atoms with E-state index in [9.17, 15) is 4.39 Å². The highest BCUT2D eigenvalue weighted by Crippen LogP contribution is 2.27. The minimum absolute atomic E-state index is 0.116. The molecule has 1 saturated heterocycles. The van der Waals surface area contributed by atoms with Crippen molar-refractivity contribution in [1.29, 1.82) is 0 Å². The zero-order valence-electron chi connectivity index (χ0n) is 12.2. The van der Waals surface area contributed by atoms with Crippen molar-refractivity contribution in [2.24, 2.45) is 0 Å². The molecule has 4 heteroatoms. The SMILES string of the molecule is CC(Nc1ccc(N2CCCC2)c(F)c1)c1ccncc1. The lowest BCUT2D eigenvalue weighted by Crippen LogP contribution is -2.19. The second-order valence-corrected chi connectivity index (χ2v) is 5.51. The van der Waals surface area contributed by atoms with E-state index in [2.05, 4.69) is 22.1 Å².